The van der Waals surface area contributed by atoms with Crippen molar-refractivity contribution in [1.82, 2.24) is 0 Å². The molecule has 0 rings (SSSR count). The average Bonchev–Trinajstić information content (AvgIpc) is 2.60. The topological polar surface area (TPSA) is 72.8 Å². The second-order valence-corrected chi connectivity index (χ2v) is 5.78. The van der Waals surface area contributed by atoms with E-state index in [-0.39, 0.29) is 17.3 Å². The normalized spacial score (nSPS) is 12.6. The summed E-state index contributed by atoms with van der Waals surface area (Å²) in [5.74, 6) is -0.453. The summed E-state index contributed by atoms with van der Waals surface area (Å²) in [5.41, 5.74) is 0.562. The third-order valence-electron chi connectivity index (χ3n) is 3.88. The number of hydrogen-bond donors (Lipinski definition) is 1. The van der Waals surface area contributed by atoms with Crippen LogP contribution in [0.3, 0.4) is 0 Å². The van der Waals surface area contributed by atoms with Crippen LogP contribution in [0.5, 0.6) is 0 Å². The van der Waals surface area contributed by atoms with Crippen LogP contribution in [-0.4, -0.2) is 38.0 Å². The van der Waals surface area contributed by atoms with Crippen molar-refractivity contribution in [3.05, 3.63) is 23.2 Å². The van der Waals surface area contributed by atoms with Crippen LogP contribution in [0, 0.1) is 0 Å². The van der Waals surface area contributed by atoms with Crippen LogP contribution in [0.4, 0.5) is 0 Å². The second kappa shape index (κ2) is 14.9. The van der Waals surface area contributed by atoms with Gasteiger partial charge in [-0.25, -0.2) is 0 Å². The van der Waals surface area contributed by atoms with E-state index in [9.17, 15) is 9.59 Å². The Morgan fingerprint density at radius 3 is 1.92 bits per heavy atom. The molecule has 1 N–H and O–H groups in total. The summed E-state index contributed by atoms with van der Waals surface area (Å²) in [4.78, 5) is 23.1. The second-order valence-electron chi connectivity index (χ2n) is 5.78. The molecule has 0 radical (unpaired) electrons. The van der Waals surface area contributed by atoms with Crippen molar-refractivity contribution >= 4 is 12.1 Å². The van der Waals surface area contributed by atoms with Crippen molar-refractivity contribution < 1.29 is 24.2 Å². The maximum atomic E-state index is 12.2. The fourth-order valence-corrected chi connectivity index (χ4v) is 2.41. The molecule has 0 unspecified atom stereocenters. The number of carbonyl (C=O) groups is 2. The van der Waals surface area contributed by atoms with Gasteiger partial charge in [-0.05, 0) is 31.8 Å². The molecule has 0 heterocycles. The van der Waals surface area contributed by atoms with Gasteiger partial charge in [-0.15, -0.1) is 0 Å². The smallest absolute Gasteiger partial charge is 0.226 e. The first kappa shape index (κ1) is 22.4. The van der Waals surface area contributed by atoms with Gasteiger partial charge in [0.25, 0.3) is 0 Å². The van der Waals surface area contributed by atoms with Crippen molar-refractivity contribution in [3.8, 4) is 0 Å². The van der Waals surface area contributed by atoms with Crippen LogP contribution in [0.2, 0.25) is 0 Å². The fraction of sp³-hybridized carbons (Fsp3) is 0.684. The van der Waals surface area contributed by atoms with Gasteiger partial charge in [0.2, 0.25) is 17.3 Å². The number of unbranched alkanes of at least 4 members (excludes halogenated alkanes) is 8. The monoisotopic (exact) mass is 340 g/mol. The highest BCUT2D eigenvalue weighted by Crippen LogP contribution is 2.14. The van der Waals surface area contributed by atoms with E-state index in [1.807, 2.05) is 6.08 Å². The molecule has 0 amide bonds. The van der Waals surface area contributed by atoms with E-state index < -0.39 is 0 Å². The van der Waals surface area contributed by atoms with Gasteiger partial charge in [-0.2, -0.15) is 0 Å². The van der Waals surface area contributed by atoms with Gasteiger partial charge >= 0.3 is 0 Å². The Hall–Kier alpha value is -1.62. The van der Waals surface area contributed by atoms with E-state index in [2.05, 4.69) is 0 Å². The van der Waals surface area contributed by atoms with Crippen molar-refractivity contribution in [2.24, 2.45) is 0 Å². The Labute approximate surface area is 145 Å². The molecule has 0 bridgehead atoms. The van der Waals surface area contributed by atoms with Crippen molar-refractivity contribution in [2.45, 2.75) is 64.7 Å². The first-order chi connectivity index (χ1) is 11.6. The summed E-state index contributed by atoms with van der Waals surface area (Å²) >= 11 is 0. The number of aldehydes is 1. The molecule has 0 fully saturated rings. The average molecular weight is 340 g/mol. The van der Waals surface area contributed by atoms with Crippen LogP contribution in [0.1, 0.15) is 64.7 Å². The number of hydrogen-bond acceptors (Lipinski definition) is 5. The molecule has 24 heavy (non-hydrogen) atoms. The minimum Gasteiger partial charge on any atom is -0.490 e. The van der Waals surface area contributed by atoms with E-state index in [1.165, 1.54) is 39.9 Å². The van der Waals surface area contributed by atoms with Crippen molar-refractivity contribution in [1.29, 1.82) is 0 Å². The highest BCUT2D eigenvalue weighted by Gasteiger charge is 2.18. The lowest BCUT2D eigenvalue weighted by Gasteiger charge is -2.08. The zero-order valence-electron chi connectivity index (χ0n) is 15.3. The zero-order valence-corrected chi connectivity index (χ0v) is 15.3. The molecular formula is C19H32O5. The maximum absolute atomic E-state index is 12.2. The molecule has 0 aromatic rings. The molecule has 0 atom stereocenters. The molecule has 138 valence electrons. The number of aliphatic hydroxyl groups is 1. The van der Waals surface area contributed by atoms with Crippen molar-refractivity contribution in [2.75, 3.05) is 20.8 Å². The van der Waals surface area contributed by atoms with E-state index in [0.717, 1.165) is 32.1 Å². The predicted octanol–water partition coefficient (Wildman–Crippen LogP) is 3.71. The van der Waals surface area contributed by atoms with E-state index in [0.29, 0.717) is 18.5 Å². The summed E-state index contributed by atoms with van der Waals surface area (Å²) in [7, 11) is 2.68. The first-order valence-electron chi connectivity index (χ1n) is 8.72. The Morgan fingerprint density at radius 1 is 0.917 bits per heavy atom. The number of ether oxygens (including phenoxy) is 2. The molecule has 0 aromatic heterocycles. The molecule has 0 saturated heterocycles. The number of methoxy groups -OCH3 is 2. The number of rotatable bonds is 15. The molecule has 0 spiro atoms. The third kappa shape index (κ3) is 9.50. The van der Waals surface area contributed by atoms with E-state index in [1.54, 1.807) is 6.92 Å². The van der Waals surface area contributed by atoms with Crippen molar-refractivity contribution in [3.63, 3.8) is 0 Å². The Kier molecular flexibility index (Phi) is 13.9. The molecule has 0 aliphatic heterocycles. The zero-order chi connectivity index (χ0) is 18.2. The minimum atomic E-state index is -0.315. The highest BCUT2D eigenvalue weighted by atomic mass is 16.5. The minimum absolute atomic E-state index is 0.0517. The van der Waals surface area contributed by atoms with Gasteiger partial charge in [0.1, 0.15) is 0 Å². The molecule has 5 heteroatoms. The van der Waals surface area contributed by atoms with E-state index in [4.69, 9.17) is 14.6 Å². The van der Waals surface area contributed by atoms with Crippen LogP contribution in [-0.2, 0) is 19.1 Å². The molecule has 0 aliphatic rings. The van der Waals surface area contributed by atoms with Gasteiger partial charge in [-0.3, -0.25) is 9.59 Å². The number of aliphatic hydroxyl groups excluding tert-OH is 1. The van der Waals surface area contributed by atoms with Crippen LogP contribution < -0.4 is 0 Å². The largest absolute Gasteiger partial charge is 0.490 e. The molecular weight excluding hydrogens is 308 g/mol. The lowest BCUT2D eigenvalue weighted by Crippen LogP contribution is -2.11. The van der Waals surface area contributed by atoms with Crippen LogP contribution in [0.15, 0.2) is 23.2 Å². The third-order valence-corrected chi connectivity index (χ3v) is 3.88. The first-order valence-corrected chi connectivity index (χ1v) is 8.72. The lowest BCUT2D eigenvalue weighted by atomic mass is 10.0. The lowest BCUT2D eigenvalue weighted by molar-refractivity contribution is -0.116. The van der Waals surface area contributed by atoms with Crippen LogP contribution >= 0.6 is 0 Å². The quantitative estimate of drug-likeness (QED) is 0.213. The van der Waals surface area contributed by atoms with Gasteiger partial charge in [0, 0.05) is 6.61 Å². The summed E-state index contributed by atoms with van der Waals surface area (Å²) in [6.45, 7) is 2.02. The van der Waals surface area contributed by atoms with Gasteiger partial charge in [0.05, 0.1) is 14.2 Å². The predicted molar refractivity (Wildman–Crippen MR) is 94.5 cm³/mol. The number of carbonyl (C=O) groups excluding carboxylic acids is 2. The molecule has 0 aliphatic carbocycles. The summed E-state index contributed by atoms with van der Waals surface area (Å²) in [6, 6.07) is 0. The SMILES string of the molecule is COC(C=O)=C(OC)C(=O)C(C)=CCCCCCCCCCCO. The van der Waals surface area contributed by atoms with Gasteiger partial charge in [0.15, 0.2) is 6.29 Å². The summed E-state index contributed by atoms with van der Waals surface area (Å²) < 4.78 is 9.85. The summed E-state index contributed by atoms with van der Waals surface area (Å²) in [5, 5.41) is 8.69. The number of ketones is 1. The van der Waals surface area contributed by atoms with Gasteiger partial charge in [-0.1, -0.05) is 44.6 Å². The molecule has 5 nitrogen and oxygen atoms in total. The number of allylic oxidation sites excluding steroid dienone is 3. The fourth-order valence-electron chi connectivity index (χ4n) is 2.41. The van der Waals surface area contributed by atoms with E-state index >= 15 is 0 Å². The maximum Gasteiger partial charge on any atom is 0.226 e. The standard InChI is InChI=1S/C19H32O5/c1-16(18(22)19(24-3)17(15-21)23-2)13-11-9-7-5-4-6-8-10-12-14-20/h13,15,20H,4-12,14H2,1-3H3. The molecule has 0 saturated carbocycles. The Balaban J connectivity index is 4.08. The number of Topliss-reactive ketones (excluding diaryl/α,β-unsaturated/α-hetero) is 1. The van der Waals surface area contributed by atoms with Crippen LogP contribution in [0.25, 0.3) is 0 Å². The van der Waals surface area contributed by atoms with Gasteiger partial charge < -0.3 is 14.6 Å². The Morgan fingerprint density at radius 2 is 1.46 bits per heavy atom. The highest BCUT2D eigenvalue weighted by molar-refractivity contribution is 6.08. The Bertz CT molecular complexity index is 423. The summed E-state index contributed by atoms with van der Waals surface area (Å²) in [6.07, 6.45) is 12.2. The molecule has 0 aromatic carbocycles.